The Balaban J connectivity index is 0.000000902. The van der Waals surface area contributed by atoms with Crippen molar-refractivity contribution in [1.29, 1.82) is 0 Å². The van der Waals surface area contributed by atoms with Crippen molar-refractivity contribution >= 4 is 35.7 Å². The van der Waals surface area contributed by atoms with Crippen LogP contribution in [-0.2, 0) is 6.54 Å². The van der Waals surface area contributed by atoms with Crippen LogP contribution in [-0.4, -0.2) is 36.1 Å². The highest BCUT2D eigenvalue weighted by Gasteiger charge is 2.09. The lowest BCUT2D eigenvalue weighted by molar-refractivity contribution is 0.233. The summed E-state index contributed by atoms with van der Waals surface area (Å²) in [4.78, 5) is 6.84. The predicted molar refractivity (Wildman–Crippen MR) is 84.4 cm³/mol. The average Bonchev–Trinajstić information content (AvgIpc) is 2.40. The molecule has 2 aromatic rings. The highest BCUT2D eigenvalue weighted by Crippen LogP contribution is 2.14. The lowest BCUT2D eigenvalue weighted by Gasteiger charge is -2.27. The molecule has 1 aliphatic rings. The van der Waals surface area contributed by atoms with Gasteiger partial charge in [-0.15, -0.1) is 24.8 Å². The Hall–Kier alpha value is -0.870. The van der Waals surface area contributed by atoms with Crippen LogP contribution in [0, 0.1) is 0 Å². The molecule has 1 N–H and O–H groups in total. The maximum Gasteiger partial charge on any atom is 0.0702 e. The van der Waals surface area contributed by atoms with Crippen molar-refractivity contribution in [2.24, 2.45) is 0 Å². The van der Waals surface area contributed by atoms with Crippen LogP contribution in [0.1, 0.15) is 5.56 Å². The van der Waals surface area contributed by atoms with Crippen LogP contribution in [0.5, 0.6) is 0 Å². The van der Waals surface area contributed by atoms with Crippen LogP contribution in [0.4, 0.5) is 0 Å². The molecule has 0 radical (unpaired) electrons. The molecule has 0 atom stereocenters. The second-order valence-corrected chi connectivity index (χ2v) is 4.56. The van der Waals surface area contributed by atoms with Crippen LogP contribution in [0.2, 0.25) is 0 Å². The predicted octanol–water partition coefficient (Wildman–Crippen LogP) is 2.48. The highest BCUT2D eigenvalue weighted by molar-refractivity contribution is 5.85. The molecular formula is C14H19Cl2N3. The second kappa shape index (κ2) is 7.65. The van der Waals surface area contributed by atoms with Gasteiger partial charge in [-0.05, 0) is 23.8 Å². The van der Waals surface area contributed by atoms with Gasteiger partial charge in [-0.1, -0.05) is 12.1 Å². The van der Waals surface area contributed by atoms with Crippen LogP contribution >= 0.6 is 24.8 Å². The Morgan fingerprint density at radius 3 is 2.68 bits per heavy atom. The summed E-state index contributed by atoms with van der Waals surface area (Å²) >= 11 is 0. The maximum absolute atomic E-state index is 4.35. The van der Waals surface area contributed by atoms with Crippen molar-refractivity contribution in [3.05, 3.63) is 42.1 Å². The fraction of sp³-hybridized carbons (Fsp3) is 0.357. The van der Waals surface area contributed by atoms with Crippen molar-refractivity contribution < 1.29 is 0 Å². The molecule has 3 nitrogen and oxygen atoms in total. The first-order valence-electron chi connectivity index (χ1n) is 6.18. The summed E-state index contributed by atoms with van der Waals surface area (Å²) in [5.41, 5.74) is 2.46. The van der Waals surface area contributed by atoms with Crippen LogP contribution < -0.4 is 5.32 Å². The standard InChI is InChI=1S/C14H17N3.2ClH/c1-2-13-10-12(3-4-14(13)16-5-1)11-17-8-6-15-7-9-17;;/h1-5,10,15H,6-9,11H2;2*1H. The van der Waals surface area contributed by atoms with Gasteiger partial charge in [0.05, 0.1) is 5.52 Å². The molecule has 3 rings (SSSR count). The van der Waals surface area contributed by atoms with Crippen LogP contribution in [0.15, 0.2) is 36.5 Å². The summed E-state index contributed by atoms with van der Waals surface area (Å²) in [6, 6.07) is 10.7. The van der Waals surface area contributed by atoms with Crippen LogP contribution in [0.25, 0.3) is 10.9 Å². The Morgan fingerprint density at radius 1 is 1.11 bits per heavy atom. The van der Waals surface area contributed by atoms with Crippen LogP contribution in [0.3, 0.4) is 0 Å². The molecule has 0 saturated carbocycles. The molecule has 5 heteroatoms. The van der Waals surface area contributed by atoms with Gasteiger partial charge in [0.2, 0.25) is 0 Å². The Bertz CT molecular complexity index is 513. The van der Waals surface area contributed by atoms with Crippen molar-refractivity contribution in [3.8, 4) is 0 Å². The van der Waals surface area contributed by atoms with E-state index in [1.54, 1.807) is 0 Å². The minimum atomic E-state index is 0. The monoisotopic (exact) mass is 299 g/mol. The summed E-state index contributed by atoms with van der Waals surface area (Å²) in [6.45, 7) is 5.55. The normalized spacial score (nSPS) is 15.6. The van der Waals surface area contributed by atoms with E-state index in [2.05, 4.69) is 39.5 Å². The van der Waals surface area contributed by atoms with E-state index in [9.17, 15) is 0 Å². The minimum Gasteiger partial charge on any atom is -0.314 e. The molecule has 19 heavy (non-hydrogen) atoms. The number of pyridine rings is 1. The zero-order valence-corrected chi connectivity index (χ0v) is 12.3. The van der Waals surface area contributed by atoms with Gasteiger partial charge in [0.25, 0.3) is 0 Å². The zero-order valence-electron chi connectivity index (χ0n) is 10.7. The number of nitrogens with zero attached hydrogens (tertiary/aromatic N) is 2. The molecular weight excluding hydrogens is 281 g/mol. The Kier molecular flexibility index (Phi) is 6.52. The van der Waals surface area contributed by atoms with Gasteiger partial charge in [-0.2, -0.15) is 0 Å². The van der Waals surface area contributed by atoms with Gasteiger partial charge in [0.15, 0.2) is 0 Å². The third-order valence-corrected chi connectivity index (χ3v) is 3.28. The van der Waals surface area contributed by atoms with E-state index in [-0.39, 0.29) is 24.8 Å². The first-order chi connectivity index (χ1) is 8.42. The number of hydrogen-bond acceptors (Lipinski definition) is 3. The second-order valence-electron chi connectivity index (χ2n) is 4.56. The lowest BCUT2D eigenvalue weighted by Crippen LogP contribution is -2.42. The third kappa shape index (κ3) is 4.05. The number of aromatic nitrogens is 1. The zero-order chi connectivity index (χ0) is 11.5. The van der Waals surface area contributed by atoms with E-state index in [4.69, 9.17) is 0 Å². The van der Waals surface area contributed by atoms with Gasteiger partial charge in [0, 0.05) is 44.3 Å². The number of nitrogens with one attached hydrogen (secondary N) is 1. The van der Waals surface area contributed by atoms with E-state index in [1.165, 1.54) is 10.9 Å². The lowest BCUT2D eigenvalue weighted by atomic mass is 10.1. The summed E-state index contributed by atoms with van der Waals surface area (Å²) < 4.78 is 0. The Morgan fingerprint density at radius 2 is 1.89 bits per heavy atom. The largest absolute Gasteiger partial charge is 0.314 e. The molecule has 2 heterocycles. The fourth-order valence-corrected chi connectivity index (χ4v) is 2.35. The van der Waals surface area contributed by atoms with Crippen molar-refractivity contribution in [2.75, 3.05) is 26.2 Å². The first-order valence-corrected chi connectivity index (χ1v) is 6.18. The minimum absolute atomic E-state index is 0. The SMILES string of the molecule is Cl.Cl.c1cnc2ccc(CN3CCNCC3)cc2c1. The van der Waals surface area contributed by atoms with Crippen molar-refractivity contribution in [2.45, 2.75) is 6.54 Å². The van der Waals surface area contributed by atoms with E-state index in [0.717, 1.165) is 38.2 Å². The number of piperazine rings is 1. The fourth-order valence-electron chi connectivity index (χ4n) is 2.35. The van der Waals surface area contributed by atoms with Gasteiger partial charge < -0.3 is 5.32 Å². The topological polar surface area (TPSA) is 28.2 Å². The van der Waals surface area contributed by atoms with Crippen molar-refractivity contribution in [1.82, 2.24) is 15.2 Å². The number of halogens is 2. The molecule has 1 aromatic heterocycles. The van der Waals surface area contributed by atoms with Gasteiger partial charge in [0.1, 0.15) is 0 Å². The summed E-state index contributed by atoms with van der Waals surface area (Å²) in [5, 5.41) is 4.61. The van der Waals surface area contributed by atoms with E-state index < -0.39 is 0 Å². The molecule has 1 fully saturated rings. The van der Waals surface area contributed by atoms with E-state index in [1.807, 2.05) is 12.3 Å². The maximum atomic E-state index is 4.35. The number of hydrogen-bond donors (Lipinski definition) is 1. The molecule has 0 unspecified atom stereocenters. The molecule has 0 amide bonds. The van der Waals surface area contributed by atoms with E-state index >= 15 is 0 Å². The Labute approximate surface area is 126 Å². The van der Waals surface area contributed by atoms with E-state index in [0.29, 0.717) is 0 Å². The molecule has 1 aromatic carbocycles. The van der Waals surface area contributed by atoms with Gasteiger partial charge >= 0.3 is 0 Å². The third-order valence-electron chi connectivity index (χ3n) is 3.28. The quantitative estimate of drug-likeness (QED) is 0.923. The molecule has 0 bridgehead atoms. The molecule has 1 saturated heterocycles. The van der Waals surface area contributed by atoms with Gasteiger partial charge in [-0.25, -0.2) is 0 Å². The molecule has 1 aliphatic heterocycles. The number of benzene rings is 1. The number of fused-ring (bicyclic) bond motifs is 1. The first kappa shape index (κ1) is 16.2. The molecule has 0 aliphatic carbocycles. The smallest absolute Gasteiger partial charge is 0.0702 e. The number of rotatable bonds is 2. The molecule has 104 valence electrons. The van der Waals surface area contributed by atoms with Crippen molar-refractivity contribution in [3.63, 3.8) is 0 Å². The highest BCUT2D eigenvalue weighted by atomic mass is 35.5. The average molecular weight is 300 g/mol. The van der Waals surface area contributed by atoms with Gasteiger partial charge in [-0.3, -0.25) is 9.88 Å². The summed E-state index contributed by atoms with van der Waals surface area (Å²) in [7, 11) is 0. The summed E-state index contributed by atoms with van der Waals surface area (Å²) in [6.07, 6.45) is 1.85. The molecule has 0 spiro atoms. The summed E-state index contributed by atoms with van der Waals surface area (Å²) in [5.74, 6) is 0.